The van der Waals surface area contributed by atoms with Gasteiger partial charge >= 0.3 is 113 Å². The Balaban J connectivity index is 2.41. The summed E-state index contributed by atoms with van der Waals surface area (Å²) in [6.45, 7) is 0. The van der Waals surface area contributed by atoms with Crippen LogP contribution in [-0.4, -0.2) is 33.6 Å². The van der Waals surface area contributed by atoms with Crippen molar-refractivity contribution < 1.29 is 0 Å². The van der Waals surface area contributed by atoms with Gasteiger partial charge in [0.05, 0.1) is 0 Å². The predicted octanol–water partition coefficient (Wildman–Crippen LogP) is 2.92. The van der Waals surface area contributed by atoms with Gasteiger partial charge in [-0.2, -0.15) is 0 Å². The molecular formula is C13H17ClGeSe. The molecule has 0 aromatic heterocycles. The number of halogens is 1. The van der Waals surface area contributed by atoms with Gasteiger partial charge in [0.25, 0.3) is 0 Å². The van der Waals surface area contributed by atoms with Crippen LogP contribution in [0.2, 0.25) is 22.6 Å². The van der Waals surface area contributed by atoms with E-state index in [4.69, 9.17) is 11.6 Å². The Morgan fingerprint density at radius 3 is 2.44 bits per heavy atom. The van der Waals surface area contributed by atoms with E-state index in [9.17, 15) is 0 Å². The molecule has 0 aliphatic rings. The summed E-state index contributed by atoms with van der Waals surface area (Å²) in [6, 6.07) is 10.5. The topological polar surface area (TPSA) is 0 Å². The van der Waals surface area contributed by atoms with Crippen molar-refractivity contribution in [2.24, 2.45) is 0 Å². The molecule has 0 saturated heterocycles. The molecule has 16 heavy (non-hydrogen) atoms. The van der Waals surface area contributed by atoms with E-state index in [0.717, 1.165) is 5.32 Å². The summed E-state index contributed by atoms with van der Waals surface area (Å²) >= 11 is 4.93. The number of hydrogen-bond acceptors (Lipinski definition) is 0. The van der Waals surface area contributed by atoms with Gasteiger partial charge in [-0.3, -0.25) is 0 Å². The van der Waals surface area contributed by atoms with Gasteiger partial charge in [-0.25, -0.2) is 0 Å². The molecule has 0 aliphatic heterocycles. The Kier molecular flexibility index (Phi) is 6.00. The Morgan fingerprint density at radius 2 is 1.88 bits per heavy atom. The third-order valence-electron chi connectivity index (χ3n) is 1.74. The SMILES string of the molecule is [CH3][Ge]([CH3])([CH3])[C]#CC(Cl)C[Se]c1ccccc1. The molecule has 0 fully saturated rings. The van der Waals surface area contributed by atoms with Gasteiger partial charge in [0.15, 0.2) is 0 Å². The van der Waals surface area contributed by atoms with Crippen LogP contribution in [0.25, 0.3) is 0 Å². The molecule has 0 saturated carbocycles. The zero-order valence-electron chi connectivity index (χ0n) is 9.96. The Labute approximate surface area is 113 Å². The van der Waals surface area contributed by atoms with Crippen LogP contribution < -0.4 is 4.46 Å². The van der Waals surface area contributed by atoms with Crippen molar-refractivity contribution in [3.63, 3.8) is 0 Å². The summed E-state index contributed by atoms with van der Waals surface area (Å²) in [5.74, 6) is 10.1. The summed E-state index contributed by atoms with van der Waals surface area (Å²) in [6.07, 6.45) is 0. The van der Waals surface area contributed by atoms with Gasteiger partial charge < -0.3 is 0 Å². The van der Waals surface area contributed by atoms with E-state index in [-0.39, 0.29) is 5.38 Å². The van der Waals surface area contributed by atoms with E-state index in [1.165, 1.54) is 4.46 Å². The van der Waals surface area contributed by atoms with Crippen molar-refractivity contribution in [1.82, 2.24) is 0 Å². The Morgan fingerprint density at radius 1 is 1.25 bits per heavy atom. The van der Waals surface area contributed by atoms with Crippen LogP contribution in [0.4, 0.5) is 0 Å². The van der Waals surface area contributed by atoms with Crippen molar-refractivity contribution in [2.45, 2.75) is 28.0 Å². The molecule has 1 rings (SSSR count). The van der Waals surface area contributed by atoms with Crippen molar-refractivity contribution >= 4 is 44.3 Å². The fourth-order valence-electron chi connectivity index (χ4n) is 1.02. The van der Waals surface area contributed by atoms with E-state index in [1.54, 1.807) is 0 Å². The maximum atomic E-state index is 6.21. The second-order valence-corrected chi connectivity index (χ2v) is 17.4. The van der Waals surface area contributed by atoms with Crippen LogP contribution in [0.5, 0.6) is 0 Å². The predicted molar refractivity (Wildman–Crippen MR) is 77.4 cm³/mol. The van der Waals surface area contributed by atoms with Crippen molar-refractivity contribution in [3.05, 3.63) is 30.3 Å². The van der Waals surface area contributed by atoms with Crippen LogP contribution in [0.3, 0.4) is 0 Å². The second-order valence-electron chi connectivity index (χ2n) is 4.61. The first-order valence-electron chi connectivity index (χ1n) is 5.32. The quantitative estimate of drug-likeness (QED) is 0.442. The molecule has 0 bridgehead atoms. The molecule has 1 aromatic rings. The van der Waals surface area contributed by atoms with Gasteiger partial charge in [-0.15, -0.1) is 0 Å². The molecular weight excluding hydrogens is 343 g/mol. The summed E-state index contributed by atoms with van der Waals surface area (Å²) < 4.78 is 4.78. The van der Waals surface area contributed by atoms with Crippen molar-refractivity contribution in [1.29, 1.82) is 0 Å². The zero-order chi connectivity index (χ0) is 12.0. The summed E-state index contributed by atoms with van der Waals surface area (Å²) in [4.78, 5) is 0. The molecule has 3 heteroatoms. The fraction of sp³-hybridized carbons (Fsp3) is 0.385. The molecule has 0 N–H and O–H groups in total. The van der Waals surface area contributed by atoms with Gasteiger partial charge in [-0.05, 0) is 0 Å². The van der Waals surface area contributed by atoms with Gasteiger partial charge in [-0.1, -0.05) is 0 Å². The van der Waals surface area contributed by atoms with Crippen LogP contribution in [0.1, 0.15) is 0 Å². The number of hydrogen-bond donors (Lipinski definition) is 0. The zero-order valence-corrected chi connectivity index (χ0v) is 14.5. The van der Waals surface area contributed by atoms with E-state index < -0.39 is 13.3 Å². The van der Waals surface area contributed by atoms with Gasteiger partial charge in [0, 0.05) is 0 Å². The van der Waals surface area contributed by atoms with Crippen LogP contribution in [0.15, 0.2) is 30.3 Å². The summed E-state index contributed by atoms with van der Waals surface area (Å²) in [7, 11) is 0. The molecule has 1 aromatic carbocycles. The molecule has 0 nitrogen and oxygen atoms in total. The van der Waals surface area contributed by atoms with Gasteiger partial charge in [0.1, 0.15) is 0 Å². The van der Waals surface area contributed by atoms with Crippen molar-refractivity contribution in [3.8, 4) is 10.7 Å². The Bertz CT molecular complexity index is 372. The second kappa shape index (κ2) is 6.77. The average Bonchev–Trinajstić information content (AvgIpc) is 2.24. The van der Waals surface area contributed by atoms with E-state index in [1.807, 2.05) is 6.07 Å². The van der Waals surface area contributed by atoms with E-state index in [0.29, 0.717) is 15.0 Å². The molecule has 1 atom stereocenters. The van der Waals surface area contributed by atoms with Crippen LogP contribution in [-0.2, 0) is 0 Å². The Hall–Kier alpha value is 0.132. The first-order valence-corrected chi connectivity index (χ1v) is 15.2. The maximum absolute atomic E-state index is 6.21. The minimum absolute atomic E-state index is 0.0325. The van der Waals surface area contributed by atoms with Crippen molar-refractivity contribution in [2.75, 3.05) is 0 Å². The molecule has 0 radical (unpaired) electrons. The summed E-state index contributed by atoms with van der Waals surface area (Å²) in [5.41, 5.74) is 0. The molecule has 0 amide bonds. The third kappa shape index (κ3) is 6.66. The van der Waals surface area contributed by atoms with Crippen LogP contribution in [0, 0.1) is 10.7 Å². The number of benzene rings is 1. The number of alkyl halides is 1. The van der Waals surface area contributed by atoms with E-state index in [2.05, 4.69) is 52.2 Å². The third-order valence-corrected chi connectivity index (χ3v) is 6.62. The molecule has 0 aliphatic carbocycles. The molecule has 0 spiro atoms. The first kappa shape index (κ1) is 14.2. The molecule has 86 valence electrons. The normalized spacial score (nSPS) is 12.8. The monoisotopic (exact) mass is 362 g/mol. The molecule has 0 heterocycles. The molecule has 1 unspecified atom stereocenters. The average molecular weight is 360 g/mol. The first-order chi connectivity index (χ1) is 7.47. The van der Waals surface area contributed by atoms with E-state index >= 15 is 0 Å². The van der Waals surface area contributed by atoms with Crippen LogP contribution >= 0.6 is 11.6 Å². The van der Waals surface area contributed by atoms with Gasteiger partial charge in [0.2, 0.25) is 0 Å². The number of rotatable bonds is 3. The standard InChI is InChI=1S/C13H17ClGeSe/c1-15(2,3)10-9-12(14)11-16-13-7-5-4-6-8-13/h4-8,12H,11H2,1-3H3. The summed E-state index contributed by atoms with van der Waals surface area (Å²) in [5, 5.41) is 1.04. The fourth-order valence-corrected chi connectivity index (χ4v) is 4.49. The minimum atomic E-state index is -1.73.